The first kappa shape index (κ1) is 11.6. The zero-order valence-electron chi connectivity index (χ0n) is 10.7. The summed E-state index contributed by atoms with van der Waals surface area (Å²) in [7, 11) is 1.93. The molecule has 0 aliphatic rings. The molecule has 0 bridgehead atoms. The van der Waals surface area contributed by atoms with Crippen LogP contribution >= 0.6 is 0 Å². The number of nitrogens with zero attached hydrogens (tertiary/aromatic N) is 5. The predicted molar refractivity (Wildman–Crippen MR) is 65.7 cm³/mol. The van der Waals surface area contributed by atoms with E-state index in [-0.39, 0.29) is 0 Å². The summed E-state index contributed by atoms with van der Waals surface area (Å²) in [5, 5.41) is 11.2. The second kappa shape index (κ2) is 4.57. The van der Waals surface area contributed by atoms with E-state index >= 15 is 0 Å². The molecule has 0 aromatic carbocycles. The molecule has 6 heteroatoms. The number of hydrogen-bond donors (Lipinski definition) is 1. The van der Waals surface area contributed by atoms with E-state index in [2.05, 4.69) is 38.9 Å². The van der Waals surface area contributed by atoms with E-state index in [1.165, 1.54) is 0 Å². The average Bonchev–Trinajstić information content (AvgIpc) is 2.82. The molecule has 1 N–H and O–H groups in total. The normalized spacial score (nSPS) is 11.1. The molecule has 2 aromatic heterocycles. The van der Waals surface area contributed by atoms with Crippen LogP contribution in [0.1, 0.15) is 31.4 Å². The Balaban J connectivity index is 2.11. The van der Waals surface area contributed by atoms with Gasteiger partial charge in [-0.05, 0) is 20.8 Å². The van der Waals surface area contributed by atoms with Gasteiger partial charge in [-0.15, -0.1) is 10.2 Å². The van der Waals surface area contributed by atoms with Crippen LogP contribution in [0.15, 0.2) is 12.5 Å². The van der Waals surface area contributed by atoms with E-state index < -0.39 is 0 Å². The highest BCUT2D eigenvalue weighted by molar-refractivity contribution is 5.29. The molecule has 0 aliphatic carbocycles. The fraction of sp³-hybridized carbons (Fsp3) is 0.545. The van der Waals surface area contributed by atoms with E-state index in [4.69, 9.17) is 0 Å². The maximum absolute atomic E-state index is 4.46. The molecule has 0 amide bonds. The second-order valence-electron chi connectivity index (χ2n) is 4.42. The van der Waals surface area contributed by atoms with Crippen LogP contribution in [-0.2, 0) is 13.6 Å². The molecule has 0 atom stereocenters. The van der Waals surface area contributed by atoms with E-state index in [1.54, 1.807) is 6.33 Å². The van der Waals surface area contributed by atoms with Gasteiger partial charge in [0, 0.05) is 19.3 Å². The lowest BCUT2D eigenvalue weighted by Crippen LogP contribution is -2.11. The summed E-state index contributed by atoms with van der Waals surface area (Å²) in [5.41, 5.74) is 1.01. The summed E-state index contributed by atoms with van der Waals surface area (Å²) in [4.78, 5) is 4.46. The number of rotatable bonds is 4. The topological polar surface area (TPSA) is 60.6 Å². The summed E-state index contributed by atoms with van der Waals surface area (Å²) in [6, 6.07) is 0.387. The summed E-state index contributed by atoms with van der Waals surface area (Å²) >= 11 is 0. The fourth-order valence-electron chi connectivity index (χ4n) is 1.67. The molecule has 0 aliphatic heterocycles. The zero-order valence-corrected chi connectivity index (χ0v) is 10.7. The first-order chi connectivity index (χ1) is 8.08. The minimum atomic E-state index is 0.387. The molecule has 0 fully saturated rings. The van der Waals surface area contributed by atoms with E-state index in [0.717, 1.165) is 17.5 Å². The van der Waals surface area contributed by atoms with Gasteiger partial charge < -0.3 is 14.5 Å². The third-order valence-electron chi connectivity index (χ3n) is 2.62. The van der Waals surface area contributed by atoms with Crippen LogP contribution < -0.4 is 5.32 Å². The maximum Gasteiger partial charge on any atom is 0.203 e. The van der Waals surface area contributed by atoms with Crippen molar-refractivity contribution in [2.24, 2.45) is 7.05 Å². The number of nitrogens with one attached hydrogen (secondary N) is 1. The van der Waals surface area contributed by atoms with Crippen molar-refractivity contribution in [3.05, 3.63) is 24.0 Å². The Hall–Kier alpha value is -1.85. The van der Waals surface area contributed by atoms with Gasteiger partial charge in [0.2, 0.25) is 5.95 Å². The quantitative estimate of drug-likeness (QED) is 0.871. The van der Waals surface area contributed by atoms with Crippen molar-refractivity contribution in [1.82, 2.24) is 24.3 Å². The second-order valence-corrected chi connectivity index (χ2v) is 4.42. The fourth-order valence-corrected chi connectivity index (χ4v) is 1.67. The molecule has 2 heterocycles. The minimum absolute atomic E-state index is 0.387. The first-order valence-electron chi connectivity index (χ1n) is 5.70. The smallest absolute Gasteiger partial charge is 0.203 e. The lowest BCUT2D eigenvalue weighted by atomic mass is 10.4. The molecule has 17 heavy (non-hydrogen) atoms. The van der Waals surface area contributed by atoms with Crippen molar-refractivity contribution in [2.75, 3.05) is 5.32 Å². The number of hydrogen-bond acceptors (Lipinski definition) is 4. The Labute approximate surface area is 101 Å². The monoisotopic (exact) mass is 234 g/mol. The van der Waals surface area contributed by atoms with Gasteiger partial charge in [0.15, 0.2) is 5.82 Å². The van der Waals surface area contributed by atoms with Crippen LogP contribution in [0.5, 0.6) is 0 Å². The Morgan fingerprint density at radius 1 is 1.41 bits per heavy atom. The van der Waals surface area contributed by atoms with Crippen molar-refractivity contribution in [1.29, 1.82) is 0 Å². The van der Waals surface area contributed by atoms with Crippen molar-refractivity contribution < 1.29 is 0 Å². The summed E-state index contributed by atoms with van der Waals surface area (Å²) < 4.78 is 4.01. The molecule has 2 aromatic rings. The highest BCUT2D eigenvalue weighted by atomic mass is 15.3. The lowest BCUT2D eigenvalue weighted by molar-refractivity contribution is 0.603. The van der Waals surface area contributed by atoms with Gasteiger partial charge in [0.1, 0.15) is 6.33 Å². The van der Waals surface area contributed by atoms with E-state index in [9.17, 15) is 0 Å². The van der Waals surface area contributed by atoms with Crippen LogP contribution in [0.4, 0.5) is 5.95 Å². The van der Waals surface area contributed by atoms with Gasteiger partial charge in [0.05, 0.1) is 12.2 Å². The number of imidazole rings is 1. The Kier molecular flexibility index (Phi) is 3.12. The average molecular weight is 234 g/mol. The lowest BCUT2D eigenvalue weighted by Gasteiger charge is -2.12. The van der Waals surface area contributed by atoms with Crippen molar-refractivity contribution in [3.8, 4) is 0 Å². The van der Waals surface area contributed by atoms with Gasteiger partial charge in [-0.1, -0.05) is 0 Å². The van der Waals surface area contributed by atoms with Crippen LogP contribution in [0, 0.1) is 6.92 Å². The SMILES string of the molecule is Cc1cn(C(C)C)c(NCc2nncn2C)n1. The van der Waals surface area contributed by atoms with Crippen molar-refractivity contribution >= 4 is 5.95 Å². The van der Waals surface area contributed by atoms with Crippen LogP contribution in [-0.4, -0.2) is 24.3 Å². The van der Waals surface area contributed by atoms with Gasteiger partial charge in [-0.25, -0.2) is 4.98 Å². The molecule has 6 nitrogen and oxygen atoms in total. The molecule has 0 unspecified atom stereocenters. The third kappa shape index (κ3) is 2.46. The standard InChI is InChI=1S/C11H18N6/c1-8(2)17-6-9(3)14-11(17)12-5-10-15-13-7-16(10)4/h6-8H,5H2,1-4H3,(H,12,14). The number of anilines is 1. The van der Waals surface area contributed by atoms with Crippen LogP contribution in [0.2, 0.25) is 0 Å². The molecule has 0 saturated heterocycles. The number of aryl methyl sites for hydroxylation is 2. The van der Waals surface area contributed by atoms with Gasteiger partial charge in [0.25, 0.3) is 0 Å². The largest absolute Gasteiger partial charge is 0.348 e. The molecule has 0 saturated carbocycles. The van der Waals surface area contributed by atoms with Crippen molar-refractivity contribution in [2.45, 2.75) is 33.4 Å². The molecule has 2 rings (SSSR count). The third-order valence-corrected chi connectivity index (χ3v) is 2.62. The minimum Gasteiger partial charge on any atom is -0.348 e. The predicted octanol–water partition coefficient (Wildman–Crippen LogP) is 1.51. The highest BCUT2D eigenvalue weighted by Crippen LogP contribution is 2.15. The van der Waals surface area contributed by atoms with Crippen LogP contribution in [0.3, 0.4) is 0 Å². The highest BCUT2D eigenvalue weighted by Gasteiger charge is 2.09. The number of aromatic nitrogens is 5. The Bertz CT molecular complexity index is 496. The molecule has 0 spiro atoms. The maximum atomic E-state index is 4.46. The van der Waals surface area contributed by atoms with Gasteiger partial charge in [-0.2, -0.15) is 0 Å². The molecular formula is C11H18N6. The van der Waals surface area contributed by atoms with E-state index in [1.807, 2.05) is 24.7 Å². The molecule has 92 valence electrons. The Morgan fingerprint density at radius 2 is 2.18 bits per heavy atom. The first-order valence-corrected chi connectivity index (χ1v) is 5.70. The van der Waals surface area contributed by atoms with E-state index in [0.29, 0.717) is 12.6 Å². The molecule has 0 radical (unpaired) electrons. The summed E-state index contributed by atoms with van der Waals surface area (Å²) in [5.74, 6) is 1.77. The van der Waals surface area contributed by atoms with Gasteiger partial charge in [-0.3, -0.25) is 0 Å². The van der Waals surface area contributed by atoms with Gasteiger partial charge >= 0.3 is 0 Å². The zero-order chi connectivity index (χ0) is 12.4. The summed E-state index contributed by atoms with van der Waals surface area (Å²) in [6.45, 7) is 6.88. The molecular weight excluding hydrogens is 216 g/mol. The van der Waals surface area contributed by atoms with Crippen LogP contribution in [0.25, 0.3) is 0 Å². The Morgan fingerprint density at radius 3 is 2.76 bits per heavy atom. The van der Waals surface area contributed by atoms with Crippen molar-refractivity contribution in [3.63, 3.8) is 0 Å². The summed E-state index contributed by atoms with van der Waals surface area (Å²) in [6.07, 6.45) is 3.74.